The fraction of sp³-hybridized carbons (Fsp3) is 0.236. The summed E-state index contributed by atoms with van der Waals surface area (Å²) >= 11 is 3.22. The highest BCUT2D eigenvalue weighted by atomic mass is 79.9. The van der Waals surface area contributed by atoms with Crippen molar-refractivity contribution in [2.24, 2.45) is 15.5 Å². The molecule has 8 aromatic rings. The second-order valence-corrected chi connectivity index (χ2v) is 24.3. The van der Waals surface area contributed by atoms with Crippen LogP contribution < -0.4 is 28.4 Å². The molecule has 0 aliphatic carbocycles. The Labute approximate surface area is 498 Å². The lowest BCUT2D eigenvalue weighted by Gasteiger charge is -2.11. The number of benzene rings is 3. The highest BCUT2D eigenvalue weighted by molar-refractivity contribution is 9.10. The van der Waals surface area contributed by atoms with Gasteiger partial charge in [0.15, 0.2) is 18.3 Å². The summed E-state index contributed by atoms with van der Waals surface area (Å²) in [5.41, 5.74) is 7.17. The Morgan fingerprint density at radius 1 is 0.460 bits per heavy atom. The van der Waals surface area contributed by atoms with E-state index in [2.05, 4.69) is 117 Å². The van der Waals surface area contributed by atoms with E-state index in [1.165, 1.54) is 91.4 Å². The molecule has 0 radical (unpaired) electrons. The Morgan fingerprint density at radius 2 is 0.759 bits per heavy atom. The van der Waals surface area contributed by atoms with E-state index in [-0.39, 0.29) is 24.7 Å². The predicted octanol–water partition coefficient (Wildman–Crippen LogP) is 14.0. The number of terminal acetylenes is 1. The normalized spacial score (nSPS) is 16.0. The van der Waals surface area contributed by atoms with Gasteiger partial charge in [-0.25, -0.2) is 4.98 Å². The molecule has 1 unspecified atom stereocenters. The predicted molar refractivity (Wildman–Crippen MR) is 299 cm³/mol. The highest BCUT2D eigenvalue weighted by Gasteiger charge is 2.34. The number of rotatable bonds is 11. The van der Waals surface area contributed by atoms with Crippen LogP contribution in [0.1, 0.15) is 61.7 Å². The van der Waals surface area contributed by atoms with Gasteiger partial charge in [0, 0.05) is 0 Å². The molecule has 32 heteroatoms. The van der Waals surface area contributed by atoms with Gasteiger partial charge in [0.05, 0.1) is 61.6 Å². The molecule has 3 aliphatic rings. The Hall–Kier alpha value is -9.77. The number of nitrogens with zero attached hydrogens (tertiary/aromatic N) is 10. The topological polar surface area (TPSA) is 242 Å². The molecule has 5 aromatic heterocycles. The molecule has 8 heterocycles. The van der Waals surface area contributed by atoms with Crippen molar-refractivity contribution in [3.8, 4) is 69.2 Å². The van der Waals surface area contributed by atoms with Crippen LogP contribution in [-0.2, 0) is 14.5 Å². The zero-order valence-corrected chi connectivity index (χ0v) is 47.2. The first kappa shape index (κ1) is 64.8. The molecule has 0 saturated carbocycles. The smallest absolute Gasteiger partial charge is 0.438 e. The molecule has 3 aliphatic heterocycles. The molecular weight excluding hydrogens is 1250 g/mol. The van der Waals surface area contributed by atoms with Gasteiger partial charge in [0.1, 0.15) is 58.6 Å². The van der Waals surface area contributed by atoms with Crippen LogP contribution in [-0.4, -0.2) is 90.6 Å². The van der Waals surface area contributed by atoms with Gasteiger partial charge in [-0.3, -0.25) is 9.97 Å². The number of alkyl halides is 9. The number of nitrogens with one attached hydrogen (secondary N) is 2. The van der Waals surface area contributed by atoms with Crippen molar-refractivity contribution in [3.63, 3.8) is 0 Å². The molecule has 21 nitrogen and oxygen atoms in total. The standard InChI is InChI=1S/2C17H12F3N5O3.C15H10BrF3N2O3.C5H10Si.CH4/c2*18-17(19,20)27-11-3-1-10(2-4-11)15-7-16(24-28-15)26-12-5-6-13(21-8-12)14-9-22-25-23-14;16-13-6-5-11(8-20-13)22-14-7-12(24-21-14)9-1-3-10(4-2-9)23-15(17,18)19;1-5-6(2,3)4;/h2*1-6,8-9,15H,7H2,(H,22,23,25);1-6,8,12H,7H2;1H,2-4H3;1H4/t2*15-;;;/m10.../s1. The largest absolute Gasteiger partial charge is 0.573 e. The molecule has 2 N–H and O–H groups in total. The first-order valence-corrected chi connectivity index (χ1v) is 29.2. The summed E-state index contributed by atoms with van der Waals surface area (Å²) in [5, 5.41) is 31.9. The Balaban J connectivity index is 0.000000177. The number of pyridine rings is 3. The van der Waals surface area contributed by atoms with Crippen molar-refractivity contribution in [1.29, 1.82) is 0 Å². The van der Waals surface area contributed by atoms with Gasteiger partial charge in [-0.15, -0.1) is 51.5 Å². The van der Waals surface area contributed by atoms with Gasteiger partial charge >= 0.3 is 19.1 Å². The van der Waals surface area contributed by atoms with E-state index in [4.69, 9.17) is 35.1 Å². The summed E-state index contributed by atoms with van der Waals surface area (Å²) in [5.74, 6) is 1.56. The fourth-order valence-electron chi connectivity index (χ4n) is 7.10. The number of hydrogen-bond donors (Lipinski definition) is 2. The lowest BCUT2D eigenvalue weighted by atomic mass is 10.1. The average molecular weight is 1300 g/mol. The van der Waals surface area contributed by atoms with Gasteiger partial charge in [-0.2, -0.15) is 30.8 Å². The minimum Gasteiger partial charge on any atom is -0.438 e. The molecule has 0 bridgehead atoms. The lowest BCUT2D eigenvalue weighted by molar-refractivity contribution is -0.275. The molecule has 0 fully saturated rings. The molecular formula is C55H48BrF9N12O9Si. The van der Waals surface area contributed by atoms with Crippen LogP contribution in [0.4, 0.5) is 39.5 Å². The Bertz CT molecular complexity index is 3420. The molecule has 11 rings (SSSR count). The van der Waals surface area contributed by atoms with E-state index in [0.29, 0.717) is 98.3 Å². The number of H-pyrrole nitrogens is 2. The highest BCUT2D eigenvalue weighted by Crippen LogP contribution is 2.35. The molecule has 456 valence electrons. The van der Waals surface area contributed by atoms with Crippen molar-refractivity contribution in [1.82, 2.24) is 45.8 Å². The summed E-state index contributed by atoms with van der Waals surface area (Å²) in [6.07, 6.45) is -1.74. The van der Waals surface area contributed by atoms with Crippen LogP contribution in [0.3, 0.4) is 0 Å². The average Bonchev–Trinajstić information content (AvgIpc) is 3.41. The first-order chi connectivity index (χ1) is 40.9. The van der Waals surface area contributed by atoms with Crippen LogP contribution >= 0.6 is 15.9 Å². The molecule has 0 spiro atoms. The van der Waals surface area contributed by atoms with Crippen molar-refractivity contribution < 1.29 is 82.4 Å². The monoisotopic (exact) mass is 1300 g/mol. The van der Waals surface area contributed by atoms with E-state index >= 15 is 0 Å². The van der Waals surface area contributed by atoms with Crippen molar-refractivity contribution >= 4 is 41.7 Å². The summed E-state index contributed by atoms with van der Waals surface area (Å²) in [7, 11) is -1.10. The molecule has 3 atom stereocenters. The number of aromatic amines is 2. The zero-order valence-electron chi connectivity index (χ0n) is 44.6. The van der Waals surface area contributed by atoms with E-state index in [0.717, 1.165) is 0 Å². The fourth-order valence-corrected chi connectivity index (χ4v) is 7.34. The second-order valence-electron chi connectivity index (χ2n) is 18.7. The van der Waals surface area contributed by atoms with Crippen LogP contribution in [0.5, 0.6) is 34.5 Å². The van der Waals surface area contributed by atoms with Gasteiger partial charge < -0.3 is 42.9 Å². The van der Waals surface area contributed by atoms with Crippen molar-refractivity contribution in [3.05, 3.63) is 161 Å². The van der Waals surface area contributed by atoms with E-state index in [1.807, 2.05) is 0 Å². The maximum Gasteiger partial charge on any atom is 0.573 e. The third kappa shape index (κ3) is 21.1. The summed E-state index contributed by atoms with van der Waals surface area (Å²) < 4.78 is 139. The van der Waals surface area contributed by atoms with E-state index < -0.39 is 45.5 Å². The molecule has 3 aromatic carbocycles. The number of aromatic nitrogens is 9. The van der Waals surface area contributed by atoms with Crippen LogP contribution in [0.2, 0.25) is 19.6 Å². The summed E-state index contributed by atoms with van der Waals surface area (Å²) in [6.45, 7) is 6.44. The van der Waals surface area contributed by atoms with E-state index in [9.17, 15) is 39.5 Å². The van der Waals surface area contributed by atoms with Crippen LogP contribution in [0.15, 0.2) is 160 Å². The number of halogens is 10. The lowest BCUT2D eigenvalue weighted by Crippen LogP contribution is -2.17. The van der Waals surface area contributed by atoms with Crippen molar-refractivity contribution in [2.75, 3.05) is 0 Å². The van der Waals surface area contributed by atoms with Crippen LogP contribution in [0, 0.1) is 12.0 Å². The minimum absolute atomic E-state index is 0. The van der Waals surface area contributed by atoms with Crippen molar-refractivity contribution in [2.45, 2.75) is 83.7 Å². The maximum atomic E-state index is 12.2. The van der Waals surface area contributed by atoms with E-state index in [1.54, 1.807) is 48.8 Å². The quantitative estimate of drug-likeness (QED) is 0.0529. The SMILES string of the molecule is C.C#C[Si](C)(C)C.FC(F)(F)Oc1ccc(C2CC(Oc3ccc(Br)nc3)=NO2)cc1.FC(F)(F)Oc1ccc([C@@H]2CC(Oc3ccc(-c4cn[nH]n4)nc3)=NO2)cc1.FC(F)(F)Oc1ccc([C@H]2CC(Oc3ccc(-c4cn[nH]n4)nc3)=NO2)cc1. The third-order valence-electron chi connectivity index (χ3n) is 11.0. The zero-order chi connectivity index (χ0) is 61.5. The van der Waals surface area contributed by atoms with Gasteiger partial charge in [0.25, 0.3) is 0 Å². The molecule has 87 heavy (non-hydrogen) atoms. The molecule has 0 saturated heterocycles. The number of ether oxygens (including phenoxy) is 6. The number of hydrogen-bond acceptors (Lipinski definition) is 19. The second kappa shape index (κ2) is 28.9. The first-order valence-electron chi connectivity index (χ1n) is 24.9. The van der Waals surface area contributed by atoms with Gasteiger partial charge in [-0.1, -0.05) is 78.9 Å². The number of oxime groups is 3. The maximum absolute atomic E-state index is 12.2. The third-order valence-corrected chi connectivity index (χ3v) is 12.4. The van der Waals surface area contributed by atoms with Gasteiger partial charge in [-0.05, 0) is 105 Å². The van der Waals surface area contributed by atoms with Gasteiger partial charge in [0.2, 0.25) is 17.7 Å². The summed E-state index contributed by atoms with van der Waals surface area (Å²) in [4.78, 5) is 28.4. The molecule has 0 amide bonds. The van der Waals surface area contributed by atoms with Crippen LogP contribution in [0.25, 0.3) is 22.8 Å². The minimum atomic E-state index is -4.73. The Morgan fingerprint density at radius 3 is 1.00 bits per heavy atom. The summed E-state index contributed by atoms with van der Waals surface area (Å²) in [6, 6.07) is 26.5. The Kier molecular flexibility index (Phi) is 21.5.